The number of carbonyl (C=O) groups is 1. The van der Waals surface area contributed by atoms with E-state index in [2.05, 4.69) is 5.10 Å². The molecule has 2 aromatic carbocycles. The Bertz CT molecular complexity index is 720. The van der Waals surface area contributed by atoms with E-state index in [0.29, 0.717) is 11.3 Å². The van der Waals surface area contributed by atoms with E-state index in [4.69, 9.17) is 10.6 Å². The van der Waals surface area contributed by atoms with Crippen LogP contribution in [-0.4, -0.2) is 11.5 Å². The number of benzene rings is 2. The summed E-state index contributed by atoms with van der Waals surface area (Å²) in [5.74, 6) is 5.39. The molecule has 4 nitrogen and oxygen atoms in total. The van der Waals surface area contributed by atoms with E-state index in [1.165, 1.54) is 43.3 Å². The molecule has 0 radical (unpaired) electrons. The zero-order chi connectivity index (χ0) is 17.0. The SMILES string of the molecule is C/C(=N\N)C(=O)c1ccc(Oc2ccc(C(F)(F)F)cc2)cc1. The number of hydrogen-bond acceptors (Lipinski definition) is 4. The Labute approximate surface area is 130 Å². The normalized spacial score (nSPS) is 12.1. The molecule has 0 heterocycles. The van der Waals surface area contributed by atoms with Gasteiger partial charge in [-0.05, 0) is 55.5 Å². The number of ether oxygens (including phenoxy) is 1. The number of hydrazone groups is 1. The van der Waals surface area contributed by atoms with Crippen LogP contribution in [0.1, 0.15) is 22.8 Å². The number of Topliss-reactive ketones (excluding diaryl/α,β-unsaturated/α-hetero) is 1. The second kappa shape index (κ2) is 6.51. The molecule has 0 amide bonds. The van der Waals surface area contributed by atoms with Gasteiger partial charge in [-0.2, -0.15) is 18.3 Å². The van der Waals surface area contributed by atoms with E-state index >= 15 is 0 Å². The van der Waals surface area contributed by atoms with Gasteiger partial charge in [0.15, 0.2) is 0 Å². The Morgan fingerprint density at radius 1 is 1.00 bits per heavy atom. The third-order valence-electron chi connectivity index (χ3n) is 3.06. The van der Waals surface area contributed by atoms with Crippen LogP contribution >= 0.6 is 0 Å². The maximum absolute atomic E-state index is 12.5. The molecule has 23 heavy (non-hydrogen) atoms. The molecule has 0 aromatic heterocycles. The standard InChI is InChI=1S/C16H13F3N2O2/c1-10(21-20)15(22)11-2-6-13(7-3-11)23-14-8-4-12(5-9-14)16(17,18)19/h2-9H,20H2,1H3/b21-10+. The third kappa shape index (κ3) is 4.09. The first-order valence-corrected chi connectivity index (χ1v) is 6.55. The molecule has 0 spiro atoms. The number of rotatable bonds is 4. The Balaban J connectivity index is 2.11. The summed E-state index contributed by atoms with van der Waals surface area (Å²) in [6, 6.07) is 10.5. The summed E-state index contributed by atoms with van der Waals surface area (Å²) in [6.45, 7) is 1.49. The lowest BCUT2D eigenvalue weighted by atomic mass is 10.1. The number of ketones is 1. The van der Waals surface area contributed by atoms with Crippen molar-refractivity contribution in [3.05, 3.63) is 59.7 Å². The summed E-state index contributed by atoms with van der Waals surface area (Å²) >= 11 is 0. The van der Waals surface area contributed by atoms with Crippen LogP contribution in [0.5, 0.6) is 11.5 Å². The minimum absolute atomic E-state index is 0.168. The molecule has 2 N–H and O–H groups in total. The first kappa shape index (κ1) is 16.5. The molecule has 120 valence electrons. The topological polar surface area (TPSA) is 64.7 Å². The molecule has 0 bridgehead atoms. The summed E-state index contributed by atoms with van der Waals surface area (Å²) in [4.78, 5) is 11.8. The number of alkyl halides is 3. The van der Waals surface area contributed by atoms with Gasteiger partial charge in [-0.1, -0.05) is 0 Å². The van der Waals surface area contributed by atoms with Gasteiger partial charge in [0.25, 0.3) is 0 Å². The largest absolute Gasteiger partial charge is 0.457 e. The Kier molecular flexibility index (Phi) is 4.68. The van der Waals surface area contributed by atoms with Crippen molar-refractivity contribution >= 4 is 11.5 Å². The van der Waals surface area contributed by atoms with Crippen LogP contribution in [0.3, 0.4) is 0 Å². The van der Waals surface area contributed by atoms with Crippen molar-refractivity contribution in [1.82, 2.24) is 0 Å². The van der Waals surface area contributed by atoms with E-state index in [1.54, 1.807) is 0 Å². The van der Waals surface area contributed by atoms with Gasteiger partial charge in [-0.15, -0.1) is 0 Å². The van der Waals surface area contributed by atoms with Crippen LogP contribution in [-0.2, 0) is 6.18 Å². The average Bonchev–Trinajstić information content (AvgIpc) is 2.54. The van der Waals surface area contributed by atoms with Crippen molar-refractivity contribution in [2.75, 3.05) is 0 Å². The summed E-state index contributed by atoms with van der Waals surface area (Å²) in [7, 11) is 0. The Hall–Kier alpha value is -2.83. The van der Waals surface area contributed by atoms with Crippen LogP contribution < -0.4 is 10.6 Å². The predicted octanol–water partition coefficient (Wildman–Crippen LogP) is 4.02. The molecular weight excluding hydrogens is 309 g/mol. The molecule has 0 saturated carbocycles. The van der Waals surface area contributed by atoms with Gasteiger partial charge in [0.1, 0.15) is 17.2 Å². The molecule has 0 atom stereocenters. The van der Waals surface area contributed by atoms with Crippen molar-refractivity contribution in [2.24, 2.45) is 10.9 Å². The summed E-state index contributed by atoms with van der Waals surface area (Å²) in [5.41, 5.74) is -0.194. The van der Waals surface area contributed by atoms with Gasteiger partial charge in [0.2, 0.25) is 5.78 Å². The second-order valence-electron chi connectivity index (χ2n) is 4.69. The number of hydrogen-bond donors (Lipinski definition) is 1. The van der Waals surface area contributed by atoms with Gasteiger partial charge >= 0.3 is 6.18 Å². The molecule has 2 aromatic rings. The fraction of sp³-hybridized carbons (Fsp3) is 0.125. The van der Waals surface area contributed by atoms with Crippen LogP contribution in [0.15, 0.2) is 53.6 Å². The highest BCUT2D eigenvalue weighted by atomic mass is 19.4. The first-order valence-electron chi connectivity index (χ1n) is 6.55. The molecule has 0 unspecified atom stereocenters. The second-order valence-corrected chi connectivity index (χ2v) is 4.69. The quantitative estimate of drug-likeness (QED) is 0.400. The van der Waals surface area contributed by atoms with Crippen molar-refractivity contribution in [3.63, 3.8) is 0 Å². The zero-order valence-corrected chi connectivity index (χ0v) is 12.1. The molecule has 0 saturated heterocycles. The van der Waals surface area contributed by atoms with Crippen molar-refractivity contribution < 1.29 is 22.7 Å². The summed E-state index contributed by atoms with van der Waals surface area (Å²) < 4.78 is 42.8. The van der Waals surface area contributed by atoms with E-state index in [9.17, 15) is 18.0 Å². The van der Waals surface area contributed by atoms with Crippen LogP contribution in [0.2, 0.25) is 0 Å². The lowest BCUT2D eigenvalue weighted by Crippen LogP contribution is -2.12. The molecule has 0 fully saturated rings. The smallest absolute Gasteiger partial charge is 0.416 e. The van der Waals surface area contributed by atoms with E-state index in [1.807, 2.05) is 0 Å². The molecule has 7 heteroatoms. The van der Waals surface area contributed by atoms with E-state index in [-0.39, 0.29) is 17.2 Å². The first-order chi connectivity index (χ1) is 10.8. The number of nitrogens with zero attached hydrogens (tertiary/aromatic N) is 1. The van der Waals surface area contributed by atoms with Crippen LogP contribution in [0.25, 0.3) is 0 Å². The van der Waals surface area contributed by atoms with Gasteiger partial charge in [-0.25, -0.2) is 0 Å². The van der Waals surface area contributed by atoms with Crippen LogP contribution in [0.4, 0.5) is 13.2 Å². The average molecular weight is 322 g/mol. The molecule has 0 aliphatic carbocycles. The number of nitrogens with two attached hydrogens (primary N) is 1. The molecular formula is C16H13F3N2O2. The molecule has 0 aliphatic heterocycles. The third-order valence-corrected chi connectivity index (χ3v) is 3.06. The lowest BCUT2D eigenvalue weighted by molar-refractivity contribution is -0.137. The van der Waals surface area contributed by atoms with Crippen LogP contribution in [0, 0.1) is 0 Å². The Morgan fingerprint density at radius 3 is 1.91 bits per heavy atom. The minimum Gasteiger partial charge on any atom is -0.457 e. The van der Waals surface area contributed by atoms with Crippen molar-refractivity contribution in [1.29, 1.82) is 0 Å². The van der Waals surface area contributed by atoms with E-state index in [0.717, 1.165) is 12.1 Å². The van der Waals surface area contributed by atoms with Gasteiger partial charge in [0.05, 0.1) is 5.56 Å². The highest BCUT2D eigenvalue weighted by molar-refractivity contribution is 6.45. The number of carbonyl (C=O) groups excluding carboxylic acids is 1. The summed E-state index contributed by atoms with van der Waals surface area (Å²) in [6.07, 6.45) is -4.39. The Morgan fingerprint density at radius 2 is 1.48 bits per heavy atom. The maximum atomic E-state index is 12.5. The summed E-state index contributed by atoms with van der Waals surface area (Å²) in [5, 5.41) is 3.33. The van der Waals surface area contributed by atoms with E-state index < -0.39 is 11.7 Å². The minimum atomic E-state index is -4.39. The van der Waals surface area contributed by atoms with Gasteiger partial charge in [-0.3, -0.25) is 4.79 Å². The monoisotopic (exact) mass is 322 g/mol. The van der Waals surface area contributed by atoms with Crippen molar-refractivity contribution in [3.8, 4) is 11.5 Å². The fourth-order valence-corrected chi connectivity index (χ4v) is 1.79. The highest BCUT2D eigenvalue weighted by Gasteiger charge is 2.30. The highest BCUT2D eigenvalue weighted by Crippen LogP contribution is 2.31. The maximum Gasteiger partial charge on any atom is 0.416 e. The lowest BCUT2D eigenvalue weighted by Gasteiger charge is -2.09. The zero-order valence-electron chi connectivity index (χ0n) is 12.1. The molecule has 0 aliphatic rings. The van der Waals surface area contributed by atoms with Gasteiger partial charge in [0, 0.05) is 5.56 Å². The fourth-order valence-electron chi connectivity index (χ4n) is 1.79. The van der Waals surface area contributed by atoms with Gasteiger partial charge < -0.3 is 10.6 Å². The number of halogens is 3. The van der Waals surface area contributed by atoms with Crippen molar-refractivity contribution in [2.45, 2.75) is 13.1 Å². The molecule has 2 rings (SSSR count). The predicted molar refractivity (Wildman–Crippen MR) is 79.6 cm³/mol.